The summed E-state index contributed by atoms with van der Waals surface area (Å²) in [6.07, 6.45) is 3.13. The summed E-state index contributed by atoms with van der Waals surface area (Å²) in [5, 5.41) is 7.76. The van der Waals surface area contributed by atoms with Crippen LogP contribution in [0.25, 0.3) is 11.8 Å². The lowest BCUT2D eigenvalue weighted by atomic mass is 10.2. The van der Waals surface area contributed by atoms with E-state index < -0.39 is 0 Å². The van der Waals surface area contributed by atoms with Gasteiger partial charge in [0.2, 0.25) is 5.91 Å². The predicted molar refractivity (Wildman–Crippen MR) is 114 cm³/mol. The molecule has 7 heteroatoms. The van der Waals surface area contributed by atoms with Crippen LogP contribution in [0, 0.1) is 6.92 Å². The molecule has 6 nitrogen and oxygen atoms in total. The second kappa shape index (κ2) is 9.30. The molecule has 0 spiro atoms. The van der Waals surface area contributed by atoms with E-state index in [0.717, 1.165) is 16.9 Å². The average molecular weight is 412 g/mol. The Hall–Kier alpha value is -3.25. The Morgan fingerprint density at radius 3 is 2.55 bits per heavy atom. The Labute approximate surface area is 174 Å². The second-order valence-electron chi connectivity index (χ2n) is 6.28. The molecule has 0 bridgehead atoms. The van der Waals surface area contributed by atoms with E-state index in [2.05, 4.69) is 10.4 Å². The van der Waals surface area contributed by atoms with Crippen molar-refractivity contribution in [1.82, 2.24) is 15.1 Å². The Morgan fingerprint density at radius 1 is 1.14 bits per heavy atom. The maximum absolute atomic E-state index is 12.2. The largest absolute Gasteiger partial charge is 0.493 e. The Kier molecular flexibility index (Phi) is 6.57. The molecule has 0 unspecified atom stereocenters. The lowest BCUT2D eigenvalue weighted by Crippen LogP contribution is -2.20. The number of hydrogen-bond donors (Lipinski definition) is 1. The van der Waals surface area contributed by atoms with Crippen LogP contribution in [0.2, 0.25) is 5.15 Å². The van der Waals surface area contributed by atoms with Gasteiger partial charge >= 0.3 is 0 Å². The molecule has 3 aromatic rings. The molecular weight excluding hydrogens is 390 g/mol. The van der Waals surface area contributed by atoms with E-state index in [1.54, 1.807) is 31.0 Å². The number of nitrogens with one attached hydrogen (secondary N) is 1. The summed E-state index contributed by atoms with van der Waals surface area (Å²) in [5.41, 5.74) is 3.20. The number of aryl methyl sites for hydroxylation is 1. The van der Waals surface area contributed by atoms with Gasteiger partial charge in [-0.2, -0.15) is 5.10 Å². The van der Waals surface area contributed by atoms with E-state index in [4.69, 9.17) is 21.1 Å². The summed E-state index contributed by atoms with van der Waals surface area (Å²) in [6, 6.07) is 15.1. The van der Waals surface area contributed by atoms with Crippen LogP contribution in [-0.2, 0) is 11.3 Å². The van der Waals surface area contributed by atoms with Crippen molar-refractivity contribution >= 4 is 23.6 Å². The number of amides is 1. The minimum absolute atomic E-state index is 0.234. The van der Waals surface area contributed by atoms with Gasteiger partial charge in [0.15, 0.2) is 11.5 Å². The van der Waals surface area contributed by atoms with Crippen LogP contribution in [0.5, 0.6) is 11.5 Å². The molecule has 0 aliphatic rings. The molecule has 1 heterocycles. The number of carbonyl (C=O) groups is 1. The number of carbonyl (C=O) groups excluding carboxylic acids is 1. The van der Waals surface area contributed by atoms with Crippen LogP contribution in [-0.4, -0.2) is 29.9 Å². The smallest absolute Gasteiger partial charge is 0.244 e. The van der Waals surface area contributed by atoms with Crippen LogP contribution < -0.4 is 14.8 Å². The molecule has 1 amide bonds. The van der Waals surface area contributed by atoms with Gasteiger partial charge in [0.1, 0.15) is 5.15 Å². The predicted octanol–water partition coefficient (Wildman–Crippen LogP) is 4.18. The summed E-state index contributed by atoms with van der Waals surface area (Å²) >= 11 is 6.47. The van der Waals surface area contributed by atoms with Crippen LogP contribution in [0.15, 0.2) is 54.6 Å². The Morgan fingerprint density at radius 2 is 1.86 bits per heavy atom. The molecule has 1 aromatic heterocycles. The third-order valence-corrected chi connectivity index (χ3v) is 4.73. The van der Waals surface area contributed by atoms with Crippen LogP contribution in [0.3, 0.4) is 0 Å². The molecule has 0 saturated heterocycles. The third-order valence-electron chi connectivity index (χ3n) is 4.36. The molecule has 2 aromatic carbocycles. The first-order chi connectivity index (χ1) is 14.0. The topological polar surface area (TPSA) is 65.4 Å². The summed E-state index contributed by atoms with van der Waals surface area (Å²) in [4.78, 5) is 12.2. The minimum atomic E-state index is -0.234. The number of nitrogens with zero attached hydrogens (tertiary/aromatic N) is 2. The van der Waals surface area contributed by atoms with Gasteiger partial charge in [-0.05, 0) is 42.8 Å². The summed E-state index contributed by atoms with van der Waals surface area (Å²) in [6.45, 7) is 2.21. The van der Waals surface area contributed by atoms with Crippen molar-refractivity contribution < 1.29 is 14.3 Å². The molecule has 150 valence electrons. The fourth-order valence-electron chi connectivity index (χ4n) is 2.84. The lowest BCUT2D eigenvalue weighted by molar-refractivity contribution is -0.116. The van der Waals surface area contributed by atoms with Crippen LogP contribution in [0.1, 0.15) is 16.8 Å². The van der Waals surface area contributed by atoms with Gasteiger partial charge in [-0.15, -0.1) is 0 Å². The van der Waals surface area contributed by atoms with E-state index in [1.165, 1.54) is 6.08 Å². The highest BCUT2D eigenvalue weighted by Crippen LogP contribution is 2.27. The lowest BCUT2D eigenvalue weighted by Gasteiger charge is -2.09. The zero-order chi connectivity index (χ0) is 20.8. The number of benzene rings is 2. The highest BCUT2D eigenvalue weighted by Gasteiger charge is 2.12. The quantitative estimate of drug-likeness (QED) is 0.592. The van der Waals surface area contributed by atoms with Crippen molar-refractivity contribution in [3.05, 3.63) is 76.6 Å². The molecule has 0 aliphatic heterocycles. The summed E-state index contributed by atoms with van der Waals surface area (Å²) in [7, 11) is 3.15. The number of ether oxygens (including phenoxy) is 2. The molecule has 1 N–H and O–H groups in total. The SMILES string of the molecule is COc1ccc(CNC(=O)/C=C/c2c(C)nn(-c3ccccc3)c2Cl)cc1OC. The number of rotatable bonds is 7. The van der Waals surface area contributed by atoms with Crippen LogP contribution >= 0.6 is 11.6 Å². The van der Waals surface area contributed by atoms with E-state index in [0.29, 0.717) is 28.8 Å². The molecule has 0 fully saturated rings. The average Bonchev–Trinajstić information content (AvgIpc) is 3.04. The van der Waals surface area contributed by atoms with Gasteiger partial charge < -0.3 is 14.8 Å². The zero-order valence-electron chi connectivity index (χ0n) is 16.5. The van der Waals surface area contributed by atoms with E-state index in [9.17, 15) is 4.79 Å². The van der Waals surface area contributed by atoms with Gasteiger partial charge in [0, 0.05) is 18.2 Å². The number of halogens is 1. The number of methoxy groups -OCH3 is 2. The monoisotopic (exact) mass is 411 g/mol. The van der Waals surface area contributed by atoms with Crippen molar-refractivity contribution in [3.63, 3.8) is 0 Å². The maximum atomic E-state index is 12.2. The van der Waals surface area contributed by atoms with Gasteiger partial charge in [-0.25, -0.2) is 4.68 Å². The molecule has 0 radical (unpaired) electrons. The second-order valence-corrected chi connectivity index (χ2v) is 6.64. The third kappa shape index (κ3) is 4.78. The minimum Gasteiger partial charge on any atom is -0.493 e. The highest BCUT2D eigenvalue weighted by molar-refractivity contribution is 6.31. The van der Waals surface area contributed by atoms with Crippen molar-refractivity contribution in [1.29, 1.82) is 0 Å². The first-order valence-corrected chi connectivity index (χ1v) is 9.38. The van der Waals surface area contributed by atoms with Crippen LogP contribution in [0.4, 0.5) is 0 Å². The van der Waals surface area contributed by atoms with Gasteiger partial charge in [0.25, 0.3) is 0 Å². The van der Waals surface area contributed by atoms with Gasteiger partial charge in [-0.3, -0.25) is 4.79 Å². The van der Waals surface area contributed by atoms with Crippen molar-refractivity contribution in [2.24, 2.45) is 0 Å². The number of para-hydroxylation sites is 1. The maximum Gasteiger partial charge on any atom is 0.244 e. The number of aromatic nitrogens is 2. The van der Waals surface area contributed by atoms with E-state index in [-0.39, 0.29) is 5.91 Å². The van der Waals surface area contributed by atoms with E-state index >= 15 is 0 Å². The summed E-state index contributed by atoms with van der Waals surface area (Å²) in [5.74, 6) is 1.02. The molecule has 3 rings (SSSR count). The zero-order valence-corrected chi connectivity index (χ0v) is 17.2. The van der Waals surface area contributed by atoms with Crippen molar-refractivity contribution in [3.8, 4) is 17.2 Å². The van der Waals surface area contributed by atoms with Gasteiger partial charge in [-0.1, -0.05) is 35.9 Å². The standard InChI is InChI=1S/C22H22ClN3O3/c1-15-18(22(23)26(25-15)17-7-5-4-6-8-17)10-12-21(27)24-14-16-9-11-19(28-2)20(13-16)29-3/h4-13H,14H2,1-3H3,(H,24,27)/b12-10+. The fourth-order valence-corrected chi connectivity index (χ4v) is 3.17. The number of hydrogen-bond acceptors (Lipinski definition) is 4. The van der Waals surface area contributed by atoms with E-state index in [1.807, 2.05) is 49.4 Å². The molecule has 29 heavy (non-hydrogen) atoms. The summed E-state index contributed by atoms with van der Waals surface area (Å²) < 4.78 is 12.1. The first-order valence-electron chi connectivity index (χ1n) is 9.01. The highest BCUT2D eigenvalue weighted by atomic mass is 35.5. The van der Waals surface area contributed by atoms with Crippen molar-refractivity contribution in [2.75, 3.05) is 14.2 Å². The molecule has 0 aliphatic carbocycles. The molecule has 0 saturated carbocycles. The van der Waals surface area contributed by atoms with Gasteiger partial charge in [0.05, 0.1) is 25.6 Å². The Bertz CT molecular complexity index is 1030. The molecular formula is C22H22ClN3O3. The normalized spacial score (nSPS) is 10.9. The molecule has 0 atom stereocenters. The van der Waals surface area contributed by atoms with Crippen molar-refractivity contribution in [2.45, 2.75) is 13.5 Å². The first kappa shape index (κ1) is 20.5. The fraction of sp³-hybridized carbons (Fsp3) is 0.182. The Balaban J connectivity index is 1.68.